The van der Waals surface area contributed by atoms with Crippen molar-refractivity contribution < 1.29 is 13.2 Å². The summed E-state index contributed by atoms with van der Waals surface area (Å²) < 4.78 is 22.9. The second-order valence-electron chi connectivity index (χ2n) is 5.22. The SMILES string of the molecule is CS(=O)(=O)c1cccc(C(=O)NCC2CCCC2Cl)c1. The number of carbonyl (C=O) groups is 1. The third kappa shape index (κ3) is 3.73. The summed E-state index contributed by atoms with van der Waals surface area (Å²) in [5, 5.41) is 2.95. The fourth-order valence-electron chi connectivity index (χ4n) is 2.42. The molecule has 4 nitrogen and oxygen atoms in total. The minimum absolute atomic E-state index is 0.123. The topological polar surface area (TPSA) is 63.2 Å². The van der Waals surface area contributed by atoms with Gasteiger partial charge in [-0.05, 0) is 37.0 Å². The number of amides is 1. The van der Waals surface area contributed by atoms with Gasteiger partial charge in [-0.25, -0.2) is 8.42 Å². The molecule has 0 heterocycles. The fourth-order valence-corrected chi connectivity index (χ4v) is 3.45. The Morgan fingerprint density at radius 1 is 1.40 bits per heavy atom. The first-order valence-electron chi connectivity index (χ1n) is 6.60. The Labute approximate surface area is 124 Å². The summed E-state index contributed by atoms with van der Waals surface area (Å²) >= 11 is 6.16. The van der Waals surface area contributed by atoms with E-state index in [9.17, 15) is 13.2 Å². The molecular weight excluding hydrogens is 298 g/mol. The van der Waals surface area contributed by atoms with Gasteiger partial charge in [0.1, 0.15) is 0 Å². The lowest BCUT2D eigenvalue weighted by Gasteiger charge is -2.14. The molecule has 2 atom stereocenters. The van der Waals surface area contributed by atoms with Gasteiger partial charge in [0.15, 0.2) is 9.84 Å². The molecule has 1 fully saturated rings. The standard InChI is InChI=1S/C14H18ClNO3S/c1-20(18,19)12-6-2-4-10(8-12)14(17)16-9-11-5-3-7-13(11)15/h2,4,6,8,11,13H,3,5,7,9H2,1H3,(H,16,17). The summed E-state index contributed by atoms with van der Waals surface area (Å²) in [5.74, 6) is 0.0463. The van der Waals surface area contributed by atoms with Gasteiger partial charge in [-0.15, -0.1) is 11.6 Å². The monoisotopic (exact) mass is 315 g/mol. The van der Waals surface area contributed by atoms with Crippen LogP contribution in [0.15, 0.2) is 29.2 Å². The Bertz CT molecular complexity index is 600. The Morgan fingerprint density at radius 3 is 2.75 bits per heavy atom. The van der Waals surface area contributed by atoms with Crippen molar-refractivity contribution in [3.05, 3.63) is 29.8 Å². The van der Waals surface area contributed by atoms with Crippen LogP contribution in [0.4, 0.5) is 0 Å². The van der Waals surface area contributed by atoms with E-state index in [1.807, 2.05) is 0 Å². The third-order valence-corrected chi connectivity index (χ3v) is 5.30. The number of sulfone groups is 1. The highest BCUT2D eigenvalue weighted by atomic mass is 35.5. The summed E-state index contributed by atoms with van der Waals surface area (Å²) in [7, 11) is -3.30. The molecule has 1 N–H and O–H groups in total. The van der Waals surface area contributed by atoms with Crippen molar-refractivity contribution in [2.24, 2.45) is 5.92 Å². The number of nitrogens with one attached hydrogen (secondary N) is 1. The van der Waals surface area contributed by atoms with Gasteiger partial charge in [-0.3, -0.25) is 4.79 Å². The Hall–Kier alpha value is -1.07. The summed E-state index contributed by atoms with van der Waals surface area (Å²) in [5.41, 5.74) is 0.358. The number of carbonyl (C=O) groups excluding carboxylic acids is 1. The molecule has 6 heteroatoms. The van der Waals surface area contributed by atoms with Crippen molar-refractivity contribution in [1.82, 2.24) is 5.32 Å². The highest BCUT2D eigenvalue weighted by Gasteiger charge is 2.25. The molecule has 1 aromatic rings. The zero-order valence-corrected chi connectivity index (χ0v) is 12.9. The second-order valence-corrected chi connectivity index (χ2v) is 7.79. The van der Waals surface area contributed by atoms with Crippen LogP contribution in [-0.4, -0.2) is 32.5 Å². The van der Waals surface area contributed by atoms with Crippen molar-refractivity contribution in [1.29, 1.82) is 0 Å². The van der Waals surface area contributed by atoms with E-state index in [1.165, 1.54) is 12.1 Å². The van der Waals surface area contributed by atoms with Crippen LogP contribution in [0.1, 0.15) is 29.6 Å². The van der Waals surface area contributed by atoms with Gasteiger partial charge < -0.3 is 5.32 Å². The molecule has 0 aliphatic heterocycles. The van der Waals surface area contributed by atoms with E-state index in [4.69, 9.17) is 11.6 Å². The fraction of sp³-hybridized carbons (Fsp3) is 0.500. The molecule has 1 aliphatic rings. The molecule has 0 aromatic heterocycles. The quantitative estimate of drug-likeness (QED) is 0.867. The van der Waals surface area contributed by atoms with Crippen LogP contribution in [0.25, 0.3) is 0 Å². The van der Waals surface area contributed by atoms with Gasteiger partial charge in [0.25, 0.3) is 5.91 Å². The van der Waals surface area contributed by atoms with Gasteiger partial charge in [0, 0.05) is 23.7 Å². The molecule has 1 aliphatic carbocycles. The summed E-state index contributed by atoms with van der Waals surface area (Å²) in [6.45, 7) is 0.538. The van der Waals surface area contributed by atoms with Crippen molar-refractivity contribution in [3.63, 3.8) is 0 Å². The molecule has 110 valence electrons. The minimum atomic E-state index is -3.30. The first kappa shape index (κ1) is 15.3. The van der Waals surface area contributed by atoms with Gasteiger partial charge in [0.2, 0.25) is 0 Å². The number of hydrogen-bond acceptors (Lipinski definition) is 3. The number of hydrogen-bond donors (Lipinski definition) is 1. The summed E-state index contributed by atoms with van der Waals surface area (Å²) in [4.78, 5) is 12.2. The average molecular weight is 316 g/mol. The highest BCUT2D eigenvalue weighted by Crippen LogP contribution is 2.29. The maximum atomic E-state index is 12.0. The molecule has 0 radical (unpaired) electrons. The van der Waals surface area contributed by atoms with E-state index < -0.39 is 9.84 Å². The number of rotatable bonds is 4. The van der Waals surface area contributed by atoms with E-state index in [0.29, 0.717) is 18.0 Å². The second kappa shape index (κ2) is 6.14. The first-order valence-corrected chi connectivity index (χ1v) is 8.93. The number of benzene rings is 1. The largest absolute Gasteiger partial charge is 0.352 e. The molecule has 1 aromatic carbocycles. The average Bonchev–Trinajstić information content (AvgIpc) is 2.81. The third-order valence-electron chi connectivity index (χ3n) is 3.62. The molecule has 1 amide bonds. The van der Waals surface area contributed by atoms with E-state index in [0.717, 1.165) is 25.5 Å². The van der Waals surface area contributed by atoms with Crippen LogP contribution in [0.5, 0.6) is 0 Å². The molecule has 2 rings (SSSR count). The normalized spacial score (nSPS) is 22.7. The van der Waals surface area contributed by atoms with Gasteiger partial charge >= 0.3 is 0 Å². The lowest BCUT2D eigenvalue weighted by atomic mass is 10.1. The maximum Gasteiger partial charge on any atom is 0.251 e. The molecule has 0 spiro atoms. The Morgan fingerprint density at radius 2 is 2.15 bits per heavy atom. The van der Waals surface area contributed by atoms with Crippen molar-refractivity contribution in [3.8, 4) is 0 Å². The van der Waals surface area contributed by atoms with Crippen LogP contribution in [0.2, 0.25) is 0 Å². The smallest absolute Gasteiger partial charge is 0.251 e. The van der Waals surface area contributed by atoms with E-state index in [1.54, 1.807) is 12.1 Å². The highest BCUT2D eigenvalue weighted by molar-refractivity contribution is 7.90. The van der Waals surface area contributed by atoms with Crippen LogP contribution >= 0.6 is 11.6 Å². The lowest BCUT2D eigenvalue weighted by molar-refractivity contribution is 0.0947. The number of alkyl halides is 1. The molecule has 1 saturated carbocycles. The van der Waals surface area contributed by atoms with E-state index in [2.05, 4.69) is 5.32 Å². The zero-order chi connectivity index (χ0) is 14.8. The van der Waals surface area contributed by atoms with E-state index >= 15 is 0 Å². The van der Waals surface area contributed by atoms with Gasteiger partial charge in [-0.1, -0.05) is 12.5 Å². The van der Waals surface area contributed by atoms with Crippen molar-refractivity contribution in [2.75, 3.05) is 12.8 Å². The van der Waals surface area contributed by atoms with Crippen LogP contribution < -0.4 is 5.32 Å². The van der Waals surface area contributed by atoms with Crippen LogP contribution in [0, 0.1) is 5.92 Å². The van der Waals surface area contributed by atoms with Crippen molar-refractivity contribution >= 4 is 27.3 Å². The van der Waals surface area contributed by atoms with Gasteiger partial charge in [0.05, 0.1) is 4.90 Å². The Balaban J connectivity index is 2.02. The molecule has 0 bridgehead atoms. The first-order chi connectivity index (χ1) is 9.38. The molecule has 0 saturated heterocycles. The Kier molecular flexibility index (Phi) is 4.70. The predicted octanol–water partition coefficient (Wildman–Crippen LogP) is 2.23. The van der Waals surface area contributed by atoms with Crippen LogP contribution in [-0.2, 0) is 9.84 Å². The molecule has 20 heavy (non-hydrogen) atoms. The zero-order valence-electron chi connectivity index (χ0n) is 11.3. The molecule has 2 unspecified atom stereocenters. The van der Waals surface area contributed by atoms with Crippen molar-refractivity contribution in [2.45, 2.75) is 29.5 Å². The summed E-state index contributed by atoms with van der Waals surface area (Å²) in [6.07, 6.45) is 4.24. The van der Waals surface area contributed by atoms with Gasteiger partial charge in [-0.2, -0.15) is 0 Å². The van der Waals surface area contributed by atoms with E-state index in [-0.39, 0.29) is 16.2 Å². The lowest BCUT2D eigenvalue weighted by Crippen LogP contribution is -2.31. The maximum absolute atomic E-state index is 12.0. The number of halogens is 1. The minimum Gasteiger partial charge on any atom is -0.352 e. The summed E-state index contributed by atoms with van der Waals surface area (Å²) in [6, 6.07) is 6.07. The predicted molar refractivity (Wildman–Crippen MR) is 78.9 cm³/mol. The molecular formula is C14H18ClNO3S. The van der Waals surface area contributed by atoms with Crippen LogP contribution in [0.3, 0.4) is 0 Å².